The number of alkyl halides is 1. The largest absolute Gasteiger partial charge is 0.323 e. The summed E-state index contributed by atoms with van der Waals surface area (Å²) in [6.45, 7) is 6.04. The molecular weight excluding hydrogens is 280 g/mol. The lowest BCUT2D eigenvalue weighted by Crippen LogP contribution is -2.16. The molecular formula is C14H19ClN2OS. The first-order valence-electron chi connectivity index (χ1n) is 6.32. The Kier molecular flexibility index (Phi) is 4.31. The number of halogens is 1. The van der Waals surface area contributed by atoms with Gasteiger partial charge in [-0.15, -0.1) is 11.6 Å². The van der Waals surface area contributed by atoms with Crippen molar-refractivity contribution in [3.05, 3.63) is 29.6 Å². The van der Waals surface area contributed by atoms with Gasteiger partial charge >= 0.3 is 0 Å². The van der Waals surface area contributed by atoms with Crippen LogP contribution < -0.4 is 0 Å². The van der Waals surface area contributed by atoms with E-state index < -0.39 is 10.8 Å². The Hall–Kier alpha value is -0.870. The quantitative estimate of drug-likeness (QED) is 0.809. The summed E-state index contributed by atoms with van der Waals surface area (Å²) in [6, 6.07) is 6.29. The highest BCUT2D eigenvalue weighted by molar-refractivity contribution is 7.84. The summed E-state index contributed by atoms with van der Waals surface area (Å²) in [7, 11) is -0.842. The third-order valence-electron chi connectivity index (χ3n) is 3.14. The Bertz CT molecular complexity index is 621. The van der Waals surface area contributed by atoms with E-state index in [4.69, 9.17) is 11.6 Å². The van der Waals surface area contributed by atoms with Crippen molar-refractivity contribution >= 4 is 33.4 Å². The van der Waals surface area contributed by atoms with Gasteiger partial charge in [-0.1, -0.05) is 6.07 Å². The fourth-order valence-corrected chi connectivity index (χ4v) is 3.36. The Balaban J connectivity index is 2.63. The lowest BCUT2D eigenvalue weighted by Gasteiger charge is -2.17. The van der Waals surface area contributed by atoms with Crippen LogP contribution in [0.4, 0.5) is 0 Å². The molecule has 0 saturated carbocycles. The lowest BCUT2D eigenvalue weighted by atomic mass is 10.2. The maximum Gasteiger partial charge on any atom is 0.127 e. The average Bonchev–Trinajstić information content (AvgIpc) is 2.66. The average molecular weight is 299 g/mol. The molecule has 0 aliphatic rings. The molecule has 0 aliphatic carbocycles. The Morgan fingerprint density at radius 3 is 2.68 bits per heavy atom. The van der Waals surface area contributed by atoms with Gasteiger partial charge in [0.25, 0.3) is 0 Å². The second-order valence-electron chi connectivity index (χ2n) is 5.04. The molecule has 1 aromatic heterocycles. The molecule has 0 saturated heterocycles. The van der Waals surface area contributed by atoms with Crippen molar-refractivity contribution in [1.82, 2.24) is 9.55 Å². The van der Waals surface area contributed by atoms with Crippen molar-refractivity contribution < 1.29 is 4.21 Å². The van der Waals surface area contributed by atoms with E-state index in [1.807, 2.05) is 19.1 Å². The Morgan fingerprint density at radius 1 is 1.42 bits per heavy atom. The number of fused-ring (bicyclic) bond motifs is 1. The monoisotopic (exact) mass is 298 g/mol. The molecule has 0 spiro atoms. The highest BCUT2D eigenvalue weighted by Crippen LogP contribution is 2.28. The number of imidazole rings is 1. The molecule has 0 bridgehead atoms. The maximum absolute atomic E-state index is 11.5. The zero-order valence-electron chi connectivity index (χ0n) is 11.7. The van der Waals surface area contributed by atoms with Gasteiger partial charge in [0.15, 0.2) is 0 Å². The standard InChI is InChI=1S/C14H19ClN2OS/c1-9-5-6-12-13(7-9)17(10(2)8-19(4)18)14(16-12)11(3)15/h5-7,10-11H,8H2,1-4H3. The Labute approximate surface area is 121 Å². The summed E-state index contributed by atoms with van der Waals surface area (Å²) in [4.78, 5) is 4.61. The summed E-state index contributed by atoms with van der Waals surface area (Å²) >= 11 is 6.24. The van der Waals surface area contributed by atoms with Crippen LogP contribution in [0.25, 0.3) is 11.0 Å². The van der Waals surface area contributed by atoms with Gasteiger partial charge in [-0.3, -0.25) is 4.21 Å². The predicted molar refractivity (Wildman–Crippen MR) is 82.4 cm³/mol. The molecule has 5 heteroatoms. The zero-order valence-corrected chi connectivity index (χ0v) is 13.3. The summed E-state index contributed by atoms with van der Waals surface area (Å²) < 4.78 is 13.6. The van der Waals surface area contributed by atoms with Crippen LogP contribution in [0.3, 0.4) is 0 Å². The molecule has 1 aromatic carbocycles. The second kappa shape index (κ2) is 5.63. The SMILES string of the molecule is Cc1ccc2nc(C(C)Cl)n(C(C)CS(C)=O)c2c1. The van der Waals surface area contributed by atoms with Gasteiger partial charge in [0.2, 0.25) is 0 Å². The number of aryl methyl sites for hydroxylation is 1. The molecule has 3 unspecified atom stereocenters. The molecule has 2 rings (SSSR count). The molecule has 0 amide bonds. The van der Waals surface area contributed by atoms with Crippen LogP contribution in [0.2, 0.25) is 0 Å². The highest BCUT2D eigenvalue weighted by atomic mass is 35.5. The summed E-state index contributed by atoms with van der Waals surface area (Å²) in [5.74, 6) is 1.45. The number of aromatic nitrogens is 2. The fraction of sp³-hybridized carbons (Fsp3) is 0.500. The van der Waals surface area contributed by atoms with E-state index in [2.05, 4.69) is 29.5 Å². The second-order valence-corrected chi connectivity index (χ2v) is 7.17. The number of hydrogen-bond acceptors (Lipinski definition) is 2. The smallest absolute Gasteiger partial charge is 0.127 e. The minimum Gasteiger partial charge on any atom is -0.323 e. The third-order valence-corrected chi connectivity index (χ3v) is 4.29. The van der Waals surface area contributed by atoms with Crippen molar-refractivity contribution in [2.45, 2.75) is 32.2 Å². The van der Waals surface area contributed by atoms with Crippen molar-refractivity contribution in [1.29, 1.82) is 0 Å². The molecule has 2 aromatic rings. The molecule has 3 nitrogen and oxygen atoms in total. The molecule has 0 aliphatic heterocycles. The van der Waals surface area contributed by atoms with Crippen LogP contribution in [-0.2, 0) is 10.8 Å². The van der Waals surface area contributed by atoms with Crippen molar-refractivity contribution in [3.8, 4) is 0 Å². The van der Waals surface area contributed by atoms with Gasteiger partial charge in [0, 0.05) is 28.9 Å². The van der Waals surface area contributed by atoms with Crippen LogP contribution in [0.15, 0.2) is 18.2 Å². The highest BCUT2D eigenvalue weighted by Gasteiger charge is 2.19. The molecule has 19 heavy (non-hydrogen) atoms. The normalized spacial score (nSPS) is 16.5. The van der Waals surface area contributed by atoms with Gasteiger partial charge in [-0.2, -0.15) is 0 Å². The van der Waals surface area contributed by atoms with E-state index >= 15 is 0 Å². The molecule has 1 heterocycles. The van der Waals surface area contributed by atoms with E-state index in [9.17, 15) is 4.21 Å². The van der Waals surface area contributed by atoms with E-state index in [1.54, 1.807) is 6.26 Å². The topological polar surface area (TPSA) is 34.9 Å². The molecule has 0 fully saturated rings. The summed E-state index contributed by atoms with van der Waals surface area (Å²) in [5.41, 5.74) is 3.20. The van der Waals surface area contributed by atoms with Crippen LogP contribution in [0.1, 0.15) is 36.7 Å². The van der Waals surface area contributed by atoms with Crippen LogP contribution >= 0.6 is 11.6 Å². The minimum atomic E-state index is -0.842. The molecule has 104 valence electrons. The van der Waals surface area contributed by atoms with Gasteiger partial charge in [0.1, 0.15) is 5.82 Å². The van der Waals surface area contributed by atoms with Crippen LogP contribution in [-0.4, -0.2) is 25.8 Å². The third kappa shape index (κ3) is 3.00. The van der Waals surface area contributed by atoms with Gasteiger partial charge < -0.3 is 4.57 Å². The predicted octanol–water partition coefficient (Wildman–Crippen LogP) is 3.58. The minimum absolute atomic E-state index is 0.119. The molecule has 0 N–H and O–H groups in total. The first kappa shape index (κ1) is 14.5. The van der Waals surface area contributed by atoms with Gasteiger partial charge in [-0.25, -0.2) is 4.98 Å². The van der Waals surface area contributed by atoms with Gasteiger partial charge in [0.05, 0.1) is 16.4 Å². The number of hydrogen-bond donors (Lipinski definition) is 0. The number of nitrogens with zero attached hydrogens (tertiary/aromatic N) is 2. The zero-order chi connectivity index (χ0) is 14.2. The van der Waals surface area contributed by atoms with E-state index in [0.29, 0.717) is 5.75 Å². The van der Waals surface area contributed by atoms with Crippen molar-refractivity contribution in [2.75, 3.05) is 12.0 Å². The van der Waals surface area contributed by atoms with Gasteiger partial charge in [-0.05, 0) is 38.5 Å². The maximum atomic E-state index is 11.5. The fourth-order valence-electron chi connectivity index (χ4n) is 2.38. The lowest BCUT2D eigenvalue weighted by molar-refractivity contribution is 0.583. The molecule has 0 radical (unpaired) electrons. The van der Waals surface area contributed by atoms with Crippen LogP contribution in [0, 0.1) is 6.92 Å². The van der Waals surface area contributed by atoms with E-state index in [0.717, 1.165) is 16.9 Å². The van der Waals surface area contributed by atoms with Crippen molar-refractivity contribution in [3.63, 3.8) is 0 Å². The number of rotatable bonds is 4. The summed E-state index contributed by atoms with van der Waals surface area (Å²) in [6.07, 6.45) is 1.73. The van der Waals surface area contributed by atoms with E-state index in [-0.39, 0.29) is 11.4 Å². The first-order chi connectivity index (χ1) is 8.90. The Morgan fingerprint density at radius 2 is 2.11 bits per heavy atom. The first-order valence-corrected chi connectivity index (χ1v) is 8.49. The summed E-state index contributed by atoms with van der Waals surface area (Å²) in [5, 5.41) is -0.166. The van der Waals surface area contributed by atoms with Crippen molar-refractivity contribution in [2.24, 2.45) is 0 Å². The molecule has 3 atom stereocenters. The van der Waals surface area contributed by atoms with E-state index in [1.165, 1.54) is 5.56 Å². The van der Waals surface area contributed by atoms with Crippen LogP contribution in [0.5, 0.6) is 0 Å². The number of benzene rings is 1.